The fourth-order valence-corrected chi connectivity index (χ4v) is 2.81. The van der Waals surface area contributed by atoms with Gasteiger partial charge in [0.2, 0.25) is 0 Å². The maximum Gasteiger partial charge on any atom is 0.0881 e. The highest BCUT2D eigenvalue weighted by atomic mass is 15.1. The third-order valence-corrected chi connectivity index (χ3v) is 3.97. The molecule has 3 rings (SSSR count). The lowest BCUT2D eigenvalue weighted by molar-refractivity contribution is 0.197. The molecule has 0 aliphatic carbocycles. The summed E-state index contributed by atoms with van der Waals surface area (Å²) in [5.74, 6) is 1.36. The SMILES string of the molecule is CC1CCN(C)CC1c1cc2ncccc2[nH]1. The highest BCUT2D eigenvalue weighted by Crippen LogP contribution is 2.32. The summed E-state index contributed by atoms with van der Waals surface area (Å²) in [6.07, 6.45) is 3.14. The lowest BCUT2D eigenvalue weighted by Crippen LogP contribution is -2.35. The monoisotopic (exact) mass is 229 g/mol. The van der Waals surface area contributed by atoms with Gasteiger partial charge in [-0.15, -0.1) is 0 Å². The van der Waals surface area contributed by atoms with Gasteiger partial charge in [0.1, 0.15) is 0 Å². The molecule has 0 spiro atoms. The van der Waals surface area contributed by atoms with Gasteiger partial charge in [-0.3, -0.25) is 4.98 Å². The molecule has 0 aromatic carbocycles. The van der Waals surface area contributed by atoms with Crippen LogP contribution in [0.3, 0.4) is 0 Å². The Balaban J connectivity index is 1.96. The number of aromatic nitrogens is 2. The van der Waals surface area contributed by atoms with Crippen molar-refractivity contribution in [2.75, 3.05) is 20.1 Å². The Hall–Kier alpha value is -1.35. The molecule has 2 aromatic rings. The van der Waals surface area contributed by atoms with Gasteiger partial charge in [0.25, 0.3) is 0 Å². The molecule has 1 aliphatic heterocycles. The van der Waals surface area contributed by atoms with E-state index in [1.165, 1.54) is 18.7 Å². The van der Waals surface area contributed by atoms with Gasteiger partial charge in [0, 0.05) is 24.4 Å². The highest BCUT2D eigenvalue weighted by molar-refractivity contribution is 5.75. The molecule has 0 radical (unpaired) electrons. The maximum absolute atomic E-state index is 4.40. The van der Waals surface area contributed by atoms with Crippen LogP contribution in [0.1, 0.15) is 25.0 Å². The smallest absolute Gasteiger partial charge is 0.0881 e. The van der Waals surface area contributed by atoms with Crippen LogP contribution in [0.25, 0.3) is 11.0 Å². The zero-order chi connectivity index (χ0) is 11.8. The van der Waals surface area contributed by atoms with Crippen LogP contribution in [0.5, 0.6) is 0 Å². The van der Waals surface area contributed by atoms with E-state index in [2.05, 4.69) is 41.0 Å². The van der Waals surface area contributed by atoms with E-state index >= 15 is 0 Å². The topological polar surface area (TPSA) is 31.9 Å². The third-order valence-electron chi connectivity index (χ3n) is 3.97. The number of likely N-dealkylation sites (tertiary alicyclic amines) is 1. The van der Waals surface area contributed by atoms with Gasteiger partial charge >= 0.3 is 0 Å². The van der Waals surface area contributed by atoms with Crippen LogP contribution in [0.15, 0.2) is 24.4 Å². The average molecular weight is 229 g/mol. The second kappa shape index (κ2) is 4.15. The summed E-state index contributed by atoms with van der Waals surface area (Å²) in [7, 11) is 2.21. The number of aromatic amines is 1. The Morgan fingerprint density at radius 1 is 1.47 bits per heavy atom. The number of hydrogen-bond donors (Lipinski definition) is 1. The van der Waals surface area contributed by atoms with E-state index in [0.717, 1.165) is 23.5 Å². The normalized spacial score (nSPS) is 26.5. The van der Waals surface area contributed by atoms with E-state index < -0.39 is 0 Å². The van der Waals surface area contributed by atoms with Crippen molar-refractivity contribution in [2.45, 2.75) is 19.3 Å². The van der Waals surface area contributed by atoms with E-state index in [0.29, 0.717) is 5.92 Å². The number of piperidine rings is 1. The largest absolute Gasteiger partial charge is 0.357 e. The van der Waals surface area contributed by atoms with Crippen LogP contribution >= 0.6 is 0 Å². The predicted octanol–water partition coefficient (Wildman–Crippen LogP) is 2.62. The number of nitrogens with zero attached hydrogens (tertiary/aromatic N) is 2. The fourth-order valence-electron chi connectivity index (χ4n) is 2.81. The van der Waals surface area contributed by atoms with Gasteiger partial charge in [0.15, 0.2) is 0 Å². The summed E-state index contributed by atoms with van der Waals surface area (Å²) in [6.45, 7) is 4.72. The maximum atomic E-state index is 4.40. The third kappa shape index (κ3) is 1.95. The minimum atomic E-state index is 0.614. The molecule has 2 unspecified atom stereocenters. The molecule has 0 saturated carbocycles. The molecule has 1 N–H and O–H groups in total. The van der Waals surface area contributed by atoms with Gasteiger partial charge in [-0.2, -0.15) is 0 Å². The van der Waals surface area contributed by atoms with Crippen LogP contribution in [0.2, 0.25) is 0 Å². The van der Waals surface area contributed by atoms with Crippen molar-refractivity contribution in [3.05, 3.63) is 30.1 Å². The van der Waals surface area contributed by atoms with E-state index in [4.69, 9.17) is 0 Å². The summed E-state index contributed by atoms with van der Waals surface area (Å²) in [4.78, 5) is 10.3. The first kappa shape index (κ1) is 10.8. The number of fused-ring (bicyclic) bond motifs is 1. The Bertz CT molecular complexity index is 484. The summed E-state index contributed by atoms with van der Waals surface area (Å²) >= 11 is 0. The second-order valence-corrected chi connectivity index (χ2v) is 5.30. The molecule has 3 heterocycles. The van der Waals surface area contributed by atoms with Crippen molar-refractivity contribution in [2.24, 2.45) is 5.92 Å². The summed E-state index contributed by atoms with van der Waals surface area (Å²) in [5.41, 5.74) is 3.59. The predicted molar refractivity (Wildman–Crippen MR) is 70.1 cm³/mol. The van der Waals surface area contributed by atoms with Crippen molar-refractivity contribution in [1.29, 1.82) is 0 Å². The lowest BCUT2D eigenvalue weighted by atomic mass is 9.85. The molecular formula is C14H19N3. The molecule has 3 heteroatoms. The Labute approximate surface area is 102 Å². The Morgan fingerprint density at radius 3 is 3.18 bits per heavy atom. The van der Waals surface area contributed by atoms with Gasteiger partial charge in [-0.1, -0.05) is 6.92 Å². The van der Waals surface area contributed by atoms with Crippen molar-refractivity contribution in [3.63, 3.8) is 0 Å². The van der Waals surface area contributed by atoms with Crippen LogP contribution in [-0.2, 0) is 0 Å². The number of rotatable bonds is 1. The lowest BCUT2D eigenvalue weighted by Gasteiger charge is -2.34. The average Bonchev–Trinajstić information content (AvgIpc) is 2.75. The summed E-state index contributed by atoms with van der Waals surface area (Å²) in [5, 5.41) is 0. The standard InChI is InChI=1S/C14H19N3/c1-10-5-7-17(2)9-11(10)13-8-14-12(16-13)4-3-6-15-14/h3-4,6,8,10-11,16H,5,7,9H2,1-2H3. The minimum absolute atomic E-state index is 0.614. The van der Waals surface area contributed by atoms with Crippen molar-refractivity contribution < 1.29 is 0 Å². The molecule has 1 aliphatic rings. The highest BCUT2D eigenvalue weighted by Gasteiger charge is 2.26. The molecule has 0 amide bonds. The molecule has 1 saturated heterocycles. The molecule has 3 nitrogen and oxygen atoms in total. The van der Waals surface area contributed by atoms with Crippen LogP contribution < -0.4 is 0 Å². The molecule has 17 heavy (non-hydrogen) atoms. The van der Waals surface area contributed by atoms with Gasteiger partial charge in [0.05, 0.1) is 11.0 Å². The first-order chi connectivity index (χ1) is 8.24. The first-order valence-electron chi connectivity index (χ1n) is 6.36. The van der Waals surface area contributed by atoms with Gasteiger partial charge in [-0.05, 0) is 44.1 Å². The number of pyridine rings is 1. The quantitative estimate of drug-likeness (QED) is 0.815. The van der Waals surface area contributed by atoms with Crippen LogP contribution in [-0.4, -0.2) is 35.0 Å². The number of hydrogen-bond acceptors (Lipinski definition) is 2. The van der Waals surface area contributed by atoms with Gasteiger partial charge < -0.3 is 9.88 Å². The Kier molecular flexibility index (Phi) is 2.63. The molecule has 2 atom stereocenters. The first-order valence-corrected chi connectivity index (χ1v) is 6.36. The number of nitrogens with one attached hydrogen (secondary N) is 1. The molecule has 2 aromatic heterocycles. The zero-order valence-electron chi connectivity index (χ0n) is 10.5. The second-order valence-electron chi connectivity index (χ2n) is 5.30. The van der Waals surface area contributed by atoms with Crippen molar-refractivity contribution in [3.8, 4) is 0 Å². The number of likely N-dealkylation sites (N-methyl/N-ethyl adjacent to an activating group) is 1. The van der Waals surface area contributed by atoms with Crippen molar-refractivity contribution >= 4 is 11.0 Å². The fraction of sp³-hybridized carbons (Fsp3) is 0.500. The van der Waals surface area contributed by atoms with E-state index in [-0.39, 0.29) is 0 Å². The molecular weight excluding hydrogens is 210 g/mol. The number of H-pyrrole nitrogens is 1. The van der Waals surface area contributed by atoms with E-state index in [1.807, 2.05) is 12.3 Å². The Morgan fingerprint density at radius 2 is 2.35 bits per heavy atom. The summed E-state index contributed by atoms with van der Waals surface area (Å²) in [6, 6.07) is 6.30. The van der Waals surface area contributed by atoms with Crippen molar-refractivity contribution in [1.82, 2.24) is 14.9 Å². The van der Waals surface area contributed by atoms with E-state index in [9.17, 15) is 0 Å². The minimum Gasteiger partial charge on any atom is -0.357 e. The van der Waals surface area contributed by atoms with Crippen LogP contribution in [0, 0.1) is 5.92 Å². The molecule has 90 valence electrons. The van der Waals surface area contributed by atoms with E-state index in [1.54, 1.807) is 0 Å². The zero-order valence-corrected chi connectivity index (χ0v) is 10.5. The van der Waals surface area contributed by atoms with Crippen LogP contribution in [0.4, 0.5) is 0 Å². The van der Waals surface area contributed by atoms with Gasteiger partial charge in [-0.25, -0.2) is 0 Å². The molecule has 1 fully saturated rings. The molecule has 0 bridgehead atoms. The summed E-state index contributed by atoms with van der Waals surface area (Å²) < 4.78 is 0.